The fourth-order valence-corrected chi connectivity index (χ4v) is 4.54. The number of nitrogens with zero attached hydrogens (tertiary/aromatic N) is 2. The summed E-state index contributed by atoms with van der Waals surface area (Å²) >= 11 is 6.89. The van der Waals surface area contributed by atoms with Crippen LogP contribution in [0.1, 0.15) is 22.4 Å². The fourth-order valence-electron chi connectivity index (χ4n) is 3.72. The average Bonchev–Trinajstić information content (AvgIpc) is 3.34. The number of carbonyl (C=O) groups is 1. The maximum absolute atomic E-state index is 11.8. The van der Waals surface area contributed by atoms with Crippen molar-refractivity contribution in [2.75, 3.05) is 17.8 Å². The Hall–Kier alpha value is -3.68. The van der Waals surface area contributed by atoms with E-state index in [0.29, 0.717) is 5.13 Å². The summed E-state index contributed by atoms with van der Waals surface area (Å²) < 4.78 is 0. The van der Waals surface area contributed by atoms with Crippen LogP contribution in [0.25, 0.3) is 0 Å². The van der Waals surface area contributed by atoms with E-state index >= 15 is 0 Å². The van der Waals surface area contributed by atoms with Crippen LogP contribution in [0.4, 0.5) is 5.13 Å². The van der Waals surface area contributed by atoms with Gasteiger partial charge in [-0.25, -0.2) is 9.78 Å². The predicted octanol–water partition coefficient (Wildman–Crippen LogP) is 5.59. The minimum Gasteiger partial charge on any atom is -0.476 e. The van der Waals surface area contributed by atoms with Crippen molar-refractivity contribution in [3.63, 3.8) is 0 Å². The topological polar surface area (TPSA) is 83.8 Å². The number of rotatable bonds is 10. The number of anilines is 1. The second-order valence-corrected chi connectivity index (χ2v) is 8.51. The number of carboxylic acid groups (broad SMARTS) is 1. The number of halogens is 1. The Morgan fingerprint density at radius 3 is 1.88 bits per heavy atom. The third-order valence-electron chi connectivity index (χ3n) is 5.19. The number of aliphatic carboxylic acids is 1. The molecule has 8 heteroatoms. The van der Waals surface area contributed by atoms with E-state index in [1.165, 1.54) is 11.3 Å². The fraction of sp³-hybridized carbons (Fsp3) is 0.115. The minimum absolute atomic E-state index is 0.104. The maximum atomic E-state index is 11.8. The van der Waals surface area contributed by atoms with Gasteiger partial charge in [0.25, 0.3) is 0 Å². The number of benzene rings is 3. The van der Waals surface area contributed by atoms with Gasteiger partial charge in [-0.3, -0.25) is 0 Å². The van der Waals surface area contributed by atoms with Crippen LogP contribution in [0.15, 0.2) is 102 Å². The zero-order valence-corrected chi connectivity index (χ0v) is 19.7. The Morgan fingerprint density at radius 1 is 0.941 bits per heavy atom. The van der Waals surface area contributed by atoms with E-state index in [9.17, 15) is 9.90 Å². The summed E-state index contributed by atoms with van der Waals surface area (Å²) in [5.74, 6) is -1.03. The van der Waals surface area contributed by atoms with Crippen LogP contribution in [-0.4, -0.2) is 34.3 Å². The quantitative estimate of drug-likeness (QED) is 0.0992. The van der Waals surface area contributed by atoms with Gasteiger partial charge in [-0.2, -0.15) is 0 Å². The molecular formula is C26H22ClN3O3S. The number of hydrogen-bond donors (Lipinski definition) is 2. The second-order valence-electron chi connectivity index (χ2n) is 7.28. The Morgan fingerprint density at radius 2 is 1.44 bits per heavy atom. The molecule has 0 bridgehead atoms. The van der Waals surface area contributed by atoms with Crippen LogP contribution in [0, 0.1) is 0 Å². The molecule has 0 unspecified atom stereocenters. The van der Waals surface area contributed by atoms with Gasteiger partial charge in [-0.05, 0) is 16.7 Å². The smallest absolute Gasteiger partial charge is 0.360 e. The molecule has 0 atom stereocenters. The normalized spacial score (nSPS) is 11.7. The zero-order valence-electron chi connectivity index (χ0n) is 18.1. The summed E-state index contributed by atoms with van der Waals surface area (Å²) in [5, 5.41) is 19.1. The van der Waals surface area contributed by atoms with E-state index < -0.39 is 11.5 Å². The Kier molecular flexibility index (Phi) is 7.57. The first kappa shape index (κ1) is 23.5. The van der Waals surface area contributed by atoms with E-state index in [1.807, 2.05) is 54.6 Å². The van der Waals surface area contributed by atoms with Crippen LogP contribution in [0.3, 0.4) is 0 Å². The highest BCUT2D eigenvalue weighted by Gasteiger charge is 2.37. The number of carboxylic acids is 1. The highest BCUT2D eigenvalue weighted by atomic mass is 35.5. The number of aromatic nitrogens is 1. The molecule has 0 saturated heterocycles. The molecule has 4 aromatic rings. The molecule has 0 spiro atoms. The molecule has 6 nitrogen and oxygen atoms in total. The lowest BCUT2D eigenvalue weighted by molar-refractivity contribution is -0.129. The summed E-state index contributed by atoms with van der Waals surface area (Å²) in [6.07, 6.45) is 0. The van der Waals surface area contributed by atoms with Gasteiger partial charge >= 0.3 is 5.97 Å². The molecule has 4 rings (SSSR count). The standard InChI is InChI=1S/C26H22ClN3O3S/c27-16-17-33-30-23(24(31)32)22-18-34-25(28-22)29-26(19-10-4-1-5-11-19,20-12-6-2-7-13-20)21-14-8-3-9-15-21/h1-15,18H,16-17H2,(H,28,29)(H,31,32)/b30-23+. The minimum atomic E-state index is -1.23. The first-order chi connectivity index (χ1) is 16.6. The predicted molar refractivity (Wildman–Crippen MR) is 136 cm³/mol. The Labute approximate surface area is 206 Å². The van der Waals surface area contributed by atoms with Crippen molar-refractivity contribution in [1.82, 2.24) is 4.98 Å². The van der Waals surface area contributed by atoms with Gasteiger partial charge in [0.1, 0.15) is 17.8 Å². The van der Waals surface area contributed by atoms with Gasteiger partial charge in [-0.15, -0.1) is 22.9 Å². The summed E-state index contributed by atoms with van der Waals surface area (Å²) in [4.78, 5) is 21.3. The van der Waals surface area contributed by atoms with E-state index in [2.05, 4.69) is 51.9 Å². The van der Waals surface area contributed by atoms with Crippen LogP contribution in [0.2, 0.25) is 0 Å². The van der Waals surface area contributed by atoms with Crippen LogP contribution in [-0.2, 0) is 15.2 Å². The molecule has 1 aromatic heterocycles. The molecule has 0 fully saturated rings. The molecule has 1 heterocycles. The monoisotopic (exact) mass is 491 g/mol. The van der Waals surface area contributed by atoms with Crippen LogP contribution in [0.5, 0.6) is 0 Å². The molecule has 2 N–H and O–H groups in total. The summed E-state index contributed by atoms with van der Waals surface area (Å²) in [7, 11) is 0. The second kappa shape index (κ2) is 11.0. The zero-order chi connectivity index (χ0) is 23.8. The summed E-state index contributed by atoms with van der Waals surface area (Å²) in [6, 6.07) is 30.3. The highest BCUT2D eigenvalue weighted by molar-refractivity contribution is 7.14. The molecule has 3 aromatic carbocycles. The van der Waals surface area contributed by atoms with E-state index in [-0.39, 0.29) is 23.9 Å². The van der Waals surface area contributed by atoms with Gasteiger partial charge < -0.3 is 15.3 Å². The van der Waals surface area contributed by atoms with E-state index in [0.717, 1.165) is 16.7 Å². The first-order valence-corrected chi connectivity index (χ1v) is 12.0. The Bertz CT molecular complexity index is 1150. The number of thiazole rings is 1. The van der Waals surface area contributed by atoms with E-state index in [1.54, 1.807) is 5.38 Å². The molecular weight excluding hydrogens is 470 g/mol. The summed E-state index contributed by atoms with van der Waals surface area (Å²) in [5.41, 5.74) is 2.20. The van der Waals surface area contributed by atoms with Crippen LogP contribution < -0.4 is 5.32 Å². The molecule has 0 amide bonds. The van der Waals surface area contributed by atoms with Gasteiger partial charge in [-0.1, -0.05) is 96.2 Å². The van der Waals surface area contributed by atoms with Crippen molar-refractivity contribution < 1.29 is 14.7 Å². The molecule has 0 aliphatic rings. The first-order valence-electron chi connectivity index (χ1n) is 10.5. The lowest BCUT2D eigenvalue weighted by Gasteiger charge is -2.36. The SMILES string of the molecule is O=C(O)/C(=N/OCCCl)c1csc(NC(c2ccccc2)(c2ccccc2)c2ccccc2)n1. The lowest BCUT2D eigenvalue weighted by atomic mass is 9.77. The molecule has 0 aliphatic carbocycles. The van der Waals surface area contributed by atoms with Crippen molar-refractivity contribution in [3.8, 4) is 0 Å². The molecule has 0 saturated carbocycles. The van der Waals surface area contributed by atoms with Gasteiger partial charge in [0.05, 0.1) is 5.88 Å². The number of oxime groups is 1. The number of nitrogens with one attached hydrogen (secondary N) is 1. The summed E-state index contributed by atoms with van der Waals surface area (Å²) in [6.45, 7) is 0.104. The molecule has 34 heavy (non-hydrogen) atoms. The lowest BCUT2D eigenvalue weighted by Crippen LogP contribution is -2.38. The average molecular weight is 492 g/mol. The molecule has 172 valence electrons. The Balaban J connectivity index is 1.84. The largest absolute Gasteiger partial charge is 0.476 e. The van der Waals surface area contributed by atoms with Crippen LogP contribution >= 0.6 is 22.9 Å². The third kappa shape index (κ3) is 4.95. The van der Waals surface area contributed by atoms with Gasteiger partial charge in [0, 0.05) is 5.38 Å². The van der Waals surface area contributed by atoms with Crippen molar-refractivity contribution in [2.24, 2.45) is 5.16 Å². The third-order valence-corrected chi connectivity index (χ3v) is 6.10. The number of alkyl halides is 1. The van der Waals surface area contributed by atoms with E-state index in [4.69, 9.17) is 16.4 Å². The molecule has 0 radical (unpaired) electrons. The number of hydrogen-bond acceptors (Lipinski definition) is 6. The highest BCUT2D eigenvalue weighted by Crippen LogP contribution is 2.40. The van der Waals surface area contributed by atoms with Crippen molar-refractivity contribution in [1.29, 1.82) is 0 Å². The maximum Gasteiger partial charge on any atom is 0.360 e. The van der Waals surface area contributed by atoms with Crippen molar-refractivity contribution in [3.05, 3.63) is 119 Å². The van der Waals surface area contributed by atoms with Gasteiger partial charge in [0.15, 0.2) is 5.13 Å². The van der Waals surface area contributed by atoms with Crippen molar-refractivity contribution >= 4 is 39.8 Å². The molecule has 0 aliphatic heterocycles. The van der Waals surface area contributed by atoms with Gasteiger partial charge in [0.2, 0.25) is 5.71 Å². The van der Waals surface area contributed by atoms with Crippen molar-refractivity contribution in [2.45, 2.75) is 5.54 Å².